The molecule has 0 aliphatic rings. The monoisotopic (exact) mass is 187 g/mol. The number of ether oxygens (including phenoxy) is 1. The molecule has 0 aromatic rings. The molecule has 0 aromatic carbocycles. The Bertz CT molecular complexity index is 115. The van der Waals surface area contributed by atoms with Crippen LogP contribution in [0.15, 0.2) is 0 Å². The molecule has 1 N–H and O–H groups in total. The van der Waals surface area contributed by atoms with Gasteiger partial charge in [0, 0.05) is 13.2 Å². The molecule has 80 valence electrons. The summed E-state index contributed by atoms with van der Waals surface area (Å²) in [5.74, 6) is 1.30. The lowest BCUT2D eigenvalue weighted by atomic mass is 9.90. The van der Waals surface area contributed by atoms with Crippen molar-refractivity contribution in [1.82, 2.24) is 5.32 Å². The highest BCUT2D eigenvalue weighted by Crippen LogP contribution is 2.15. The molecule has 2 atom stereocenters. The molecule has 0 radical (unpaired) electrons. The van der Waals surface area contributed by atoms with Gasteiger partial charge in [0.15, 0.2) is 0 Å². The van der Waals surface area contributed by atoms with Crippen LogP contribution in [0.4, 0.5) is 0 Å². The van der Waals surface area contributed by atoms with Crippen LogP contribution in [-0.4, -0.2) is 26.3 Å². The molecule has 0 saturated carbocycles. The maximum atomic E-state index is 5.23. The minimum Gasteiger partial charge on any atom is -0.384 e. The maximum absolute atomic E-state index is 5.23. The largest absolute Gasteiger partial charge is 0.384 e. The van der Waals surface area contributed by atoms with E-state index in [9.17, 15) is 0 Å². The van der Waals surface area contributed by atoms with Crippen LogP contribution in [0, 0.1) is 11.8 Å². The van der Waals surface area contributed by atoms with Crippen molar-refractivity contribution in [2.75, 3.05) is 20.3 Å². The number of hydrogen-bond acceptors (Lipinski definition) is 2. The zero-order chi connectivity index (χ0) is 10.3. The first-order valence-corrected chi connectivity index (χ1v) is 5.35. The van der Waals surface area contributed by atoms with Gasteiger partial charge >= 0.3 is 0 Å². The van der Waals surface area contributed by atoms with E-state index in [1.807, 2.05) is 0 Å². The van der Waals surface area contributed by atoms with E-state index in [0.29, 0.717) is 17.9 Å². The van der Waals surface area contributed by atoms with Gasteiger partial charge in [0.05, 0.1) is 6.61 Å². The predicted octanol–water partition coefficient (Wildman–Crippen LogP) is 2.29. The zero-order valence-electron chi connectivity index (χ0n) is 9.76. The highest BCUT2D eigenvalue weighted by molar-refractivity contribution is 4.74. The summed E-state index contributed by atoms with van der Waals surface area (Å²) in [6, 6.07) is 0.555. The van der Waals surface area contributed by atoms with E-state index in [-0.39, 0.29) is 0 Å². The molecular formula is C11H25NO. The molecule has 13 heavy (non-hydrogen) atoms. The van der Waals surface area contributed by atoms with Gasteiger partial charge in [-0.3, -0.25) is 0 Å². The first kappa shape index (κ1) is 12.9. The van der Waals surface area contributed by atoms with E-state index < -0.39 is 0 Å². The number of nitrogens with one attached hydrogen (secondary N) is 1. The molecule has 0 bridgehead atoms. The fraction of sp³-hybridized carbons (Fsp3) is 1.00. The summed E-state index contributed by atoms with van der Waals surface area (Å²) in [5.41, 5.74) is 0. The van der Waals surface area contributed by atoms with Gasteiger partial charge in [-0.15, -0.1) is 0 Å². The quantitative estimate of drug-likeness (QED) is 0.660. The van der Waals surface area contributed by atoms with Crippen molar-refractivity contribution in [1.29, 1.82) is 0 Å². The fourth-order valence-corrected chi connectivity index (χ4v) is 1.63. The highest BCUT2D eigenvalue weighted by Gasteiger charge is 2.19. The average molecular weight is 187 g/mol. The summed E-state index contributed by atoms with van der Waals surface area (Å²) in [6.07, 6.45) is 1.20. The minimum absolute atomic E-state index is 0.555. The third-order valence-electron chi connectivity index (χ3n) is 2.57. The first-order valence-electron chi connectivity index (χ1n) is 5.35. The standard InChI is InChI=1S/C11H25NO/c1-6-7-12-10(4)11(8-13-5)9(2)3/h9-12H,6-8H2,1-5H3. The third kappa shape index (κ3) is 5.27. The Morgan fingerprint density at radius 3 is 2.23 bits per heavy atom. The summed E-state index contributed by atoms with van der Waals surface area (Å²) < 4.78 is 5.23. The molecule has 0 aliphatic heterocycles. The predicted molar refractivity (Wildman–Crippen MR) is 58.0 cm³/mol. The van der Waals surface area contributed by atoms with Gasteiger partial charge in [0.2, 0.25) is 0 Å². The minimum atomic E-state index is 0.555. The molecule has 2 unspecified atom stereocenters. The first-order chi connectivity index (χ1) is 6.13. The molecule has 0 saturated heterocycles. The van der Waals surface area contributed by atoms with Crippen molar-refractivity contribution in [3.63, 3.8) is 0 Å². The molecular weight excluding hydrogens is 162 g/mol. The molecule has 2 nitrogen and oxygen atoms in total. The SMILES string of the molecule is CCCNC(C)C(COC)C(C)C. The Labute approximate surface area is 83.1 Å². The lowest BCUT2D eigenvalue weighted by molar-refractivity contribution is 0.108. The Hall–Kier alpha value is -0.0800. The Morgan fingerprint density at radius 2 is 1.85 bits per heavy atom. The smallest absolute Gasteiger partial charge is 0.0507 e. The van der Waals surface area contributed by atoms with Crippen molar-refractivity contribution in [3.8, 4) is 0 Å². The maximum Gasteiger partial charge on any atom is 0.0507 e. The lowest BCUT2D eigenvalue weighted by Gasteiger charge is -2.27. The molecule has 0 aromatic heterocycles. The van der Waals surface area contributed by atoms with E-state index in [0.717, 1.165) is 13.2 Å². The summed E-state index contributed by atoms with van der Waals surface area (Å²) in [5, 5.41) is 3.52. The van der Waals surface area contributed by atoms with Crippen LogP contribution in [0.25, 0.3) is 0 Å². The normalized spacial score (nSPS) is 16.2. The summed E-state index contributed by atoms with van der Waals surface area (Å²) in [6.45, 7) is 10.9. The zero-order valence-corrected chi connectivity index (χ0v) is 9.76. The molecule has 0 rings (SSSR count). The van der Waals surface area contributed by atoms with E-state index in [1.165, 1.54) is 6.42 Å². The lowest BCUT2D eigenvalue weighted by Crippen LogP contribution is -2.38. The highest BCUT2D eigenvalue weighted by atomic mass is 16.5. The molecule has 0 amide bonds. The van der Waals surface area contributed by atoms with Crippen molar-refractivity contribution in [2.45, 2.75) is 40.2 Å². The summed E-state index contributed by atoms with van der Waals surface area (Å²) >= 11 is 0. The number of methoxy groups -OCH3 is 1. The van der Waals surface area contributed by atoms with Crippen LogP contribution < -0.4 is 5.32 Å². The van der Waals surface area contributed by atoms with Gasteiger partial charge in [0.1, 0.15) is 0 Å². The molecule has 0 aliphatic carbocycles. The Morgan fingerprint density at radius 1 is 1.23 bits per heavy atom. The van der Waals surface area contributed by atoms with Gasteiger partial charge in [-0.25, -0.2) is 0 Å². The third-order valence-corrected chi connectivity index (χ3v) is 2.57. The van der Waals surface area contributed by atoms with Crippen LogP contribution in [0.2, 0.25) is 0 Å². The van der Waals surface area contributed by atoms with E-state index in [4.69, 9.17) is 4.74 Å². The van der Waals surface area contributed by atoms with Gasteiger partial charge in [0.25, 0.3) is 0 Å². The second-order valence-electron chi connectivity index (χ2n) is 4.11. The van der Waals surface area contributed by atoms with Crippen molar-refractivity contribution in [3.05, 3.63) is 0 Å². The van der Waals surface area contributed by atoms with Crippen molar-refractivity contribution in [2.24, 2.45) is 11.8 Å². The average Bonchev–Trinajstić information content (AvgIpc) is 2.09. The Balaban J connectivity index is 3.87. The second-order valence-corrected chi connectivity index (χ2v) is 4.11. The van der Waals surface area contributed by atoms with Crippen LogP contribution in [0.5, 0.6) is 0 Å². The Kier molecular flexibility index (Phi) is 7.29. The van der Waals surface area contributed by atoms with Crippen LogP contribution >= 0.6 is 0 Å². The van der Waals surface area contributed by atoms with Crippen molar-refractivity contribution < 1.29 is 4.74 Å². The number of rotatable bonds is 7. The van der Waals surface area contributed by atoms with Gasteiger partial charge < -0.3 is 10.1 Å². The molecule has 0 heterocycles. The number of hydrogen-bond donors (Lipinski definition) is 1. The fourth-order valence-electron chi connectivity index (χ4n) is 1.63. The van der Waals surface area contributed by atoms with Gasteiger partial charge in [-0.05, 0) is 31.7 Å². The topological polar surface area (TPSA) is 21.3 Å². The second kappa shape index (κ2) is 7.34. The van der Waals surface area contributed by atoms with Crippen LogP contribution in [-0.2, 0) is 4.74 Å². The van der Waals surface area contributed by atoms with E-state index in [1.54, 1.807) is 7.11 Å². The summed E-state index contributed by atoms with van der Waals surface area (Å²) in [4.78, 5) is 0. The van der Waals surface area contributed by atoms with Gasteiger partial charge in [-0.1, -0.05) is 20.8 Å². The van der Waals surface area contributed by atoms with E-state index >= 15 is 0 Å². The molecule has 0 spiro atoms. The van der Waals surface area contributed by atoms with Crippen LogP contribution in [0.1, 0.15) is 34.1 Å². The molecule has 0 fully saturated rings. The summed E-state index contributed by atoms with van der Waals surface area (Å²) in [7, 11) is 1.78. The van der Waals surface area contributed by atoms with Crippen molar-refractivity contribution >= 4 is 0 Å². The molecule has 2 heteroatoms. The van der Waals surface area contributed by atoms with E-state index in [2.05, 4.69) is 33.0 Å². The van der Waals surface area contributed by atoms with Gasteiger partial charge in [-0.2, -0.15) is 0 Å². The van der Waals surface area contributed by atoms with Crippen LogP contribution in [0.3, 0.4) is 0 Å².